The molecule has 2 aromatic rings. The number of aromatic carboxylic acids is 1. The summed E-state index contributed by atoms with van der Waals surface area (Å²) >= 11 is 0. The minimum absolute atomic E-state index is 0.0272. The van der Waals surface area contributed by atoms with Gasteiger partial charge in [0.25, 0.3) is 0 Å². The monoisotopic (exact) mass is 448 g/mol. The number of hydrogen-bond donors (Lipinski definition) is 2. The van der Waals surface area contributed by atoms with Gasteiger partial charge in [0.05, 0.1) is 30.7 Å². The molecule has 1 saturated carbocycles. The smallest absolute Gasteiger partial charge is 0.425 e. The molecule has 0 unspecified atom stereocenters. The predicted molar refractivity (Wildman–Crippen MR) is 112 cm³/mol. The van der Waals surface area contributed by atoms with Crippen LogP contribution in [0.4, 0.5) is 24.5 Å². The number of pyridine rings is 1. The molecule has 0 bridgehead atoms. The zero-order valence-electron chi connectivity index (χ0n) is 17.4. The number of carboxylic acid groups (broad SMARTS) is 1. The topological polar surface area (TPSA) is 80.7 Å². The lowest BCUT2D eigenvalue weighted by molar-refractivity contribution is -0.189. The van der Waals surface area contributed by atoms with E-state index in [4.69, 9.17) is 9.47 Å². The lowest BCUT2D eigenvalue weighted by atomic mass is 10.0. The molecule has 0 saturated heterocycles. The Balaban J connectivity index is 1.75. The molecule has 9 heteroatoms. The van der Waals surface area contributed by atoms with Crippen LogP contribution in [0, 0.1) is 0 Å². The summed E-state index contributed by atoms with van der Waals surface area (Å²) in [6.45, 7) is 1.70. The summed E-state index contributed by atoms with van der Waals surface area (Å²) < 4.78 is 50.6. The molecule has 1 aliphatic heterocycles. The summed E-state index contributed by atoms with van der Waals surface area (Å²) in [5.41, 5.74) is 2.58. The van der Waals surface area contributed by atoms with Crippen molar-refractivity contribution in [1.29, 1.82) is 0 Å². The molecule has 1 aromatic heterocycles. The lowest BCUT2D eigenvalue weighted by Gasteiger charge is -2.24. The summed E-state index contributed by atoms with van der Waals surface area (Å²) in [7, 11) is 0. The molecular formula is C23H23F3N2O4. The quantitative estimate of drug-likeness (QED) is 0.579. The zero-order valence-corrected chi connectivity index (χ0v) is 17.4. The Morgan fingerprint density at radius 2 is 2.06 bits per heavy atom. The van der Waals surface area contributed by atoms with Crippen LogP contribution < -0.4 is 10.1 Å². The molecular weight excluding hydrogens is 425 g/mol. The number of carbonyl (C=O) groups is 1. The van der Waals surface area contributed by atoms with Gasteiger partial charge >= 0.3 is 12.1 Å². The number of alkyl halides is 3. The van der Waals surface area contributed by atoms with Gasteiger partial charge in [0, 0.05) is 11.8 Å². The Hall–Kier alpha value is -3.07. The van der Waals surface area contributed by atoms with Gasteiger partial charge in [-0.05, 0) is 55.4 Å². The molecule has 2 aliphatic rings. The SMILES string of the molecule is C[C@H](Oc1c(Nc2ccc(C3CC3)cc2C(=O)O)cncc1C1=CCOCC1)C(F)(F)F. The van der Waals surface area contributed by atoms with E-state index in [1.165, 1.54) is 12.4 Å². The highest BCUT2D eigenvalue weighted by atomic mass is 19.4. The molecule has 170 valence electrons. The van der Waals surface area contributed by atoms with Crippen LogP contribution in [0.3, 0.4) is 0 Å². The molecule has 1 fully saturated rings. The van der Waals surface area contributed by atoms with E-state index in [1.807, 2.05) is 6.07 Å². The summed E-state index contributed by atoms with van der Waals surface area (Å²) in [6.07, 6.45) is 0.465. The Bertz CT molecular complexity index is 1050. The first kappa shape index (κ1) is 22.1. The van der Waals surface area contributed by atoms with Gasteiger partial charge in [0.2, 0.25) is 0 Å². The highest BCUT2D eigenvalue weighted by Crippen LogP contribution is 2.42. The minimum Gasteiger partial charge on any atom is -0.478 e. The summed E-state index contributed by atoms with van der Waals surface area (Å²) in [6, 6.07) is 5.08. The molecule has 1 aromatic carbocycles. The van der Waals surface area contributed by atoms with E-state index in [1.54, 1.807) is 18.2 Å². The van der Waals surface area contributed by atoms with Crippen LogP contribution in [-0.2, 0) is 4.74 Å². The molecule has 1 atom stereocenters. The van der Waals surface area contributed by atoms with E-state index in [9.17, 15) is 23.1 Å². The molecule has 6 nitrogen and oxygen atoms in total. The third-order valence-corrected chi connectivity index (χ3v) is 5.55. The number of nitrogens with zero attached hydrogens (tertiary/aromatic N) is 1. The van der Waals surface area contributed by atoms with E-state index < -0.39 is 18.2 Å². The predicted octanol–water partition coefficient (Wildman–Crippen LogP) is 5.53. The number of carboxylic acids is 1. The van der Waals surface area contributed by atoms with Crippen LogP contribution in [-0.4, -0.2) is 41.6 Å². The fourth-order valence-electron chi connectivity index (χ4n) is 3.57. The summed E-state index contributed by atoms with van der Waals surface area (Å²) in [4.78, 5) is 16.0. The minimum atomic E-state index is -4.57. The number of rotatable bonds is 7. The number of ether oxygens (including phenoxy) is 2. The third kappa shape index (κ3) is 4.88. The van der Waals surface area contributed by atoms with Crippen LogP contribution in [0.5, 0.6) is 5.75 Å². The molecule has 32 heavy (non-hydrogen) atoms. The number of halogens is 3. The summed E-state index contributed by atoms with van der Waals surface area (Å²) in [5.74, 6) is -0.794. The van der Waals surface area contributed by atoms with Crippen molar-refractivity contribution >= 4 is 22.9 Å². The standard InChI is InChI=1S/C23H23F3N2O4/c1-13(23(24,25)26)32-21-18(15-6-8-31-9-7-15)11-27-12-20(21)28-19-5-4-16(14-2-3-14)10-17(19)22(29)30/h4-6,10-14,28H,2-3,7-9H2,1H3,(H,29,30)/t13-/m0/s1. The fourth-order valence-corrected chi connectivity index (χ4v) is 3.57. The first-order valence-electron chi connectivity index (χ1n) is 10.4. The van der Waals surface area contributed by atoms with Gasteiger partial charge < -0.3 is 19.9 Å². The van der Waals surface area contributed by atoms with Crippen molar-refractivity contribution in [3.63, 3.8) is 0 Å². The maximum absolute atomic E-state index is 13.3. The maximum Gasteiger partial charge on any atom is 0.425 e. The van der Waals surface area contributed by atoms with Gasteiger partial charge in [-0.3, -0.25) is 4.98 Å². The first-order valence-corrected chi connectivity index (χ1v) is 10.4. The Labute approximate surface area is 183 Å². The maximum atomic E-state index is 13.3. The molecule has 2 heterocycles. The van der Waals surface area contributed by atoms with Crippen LogP contribution in [0.1, 0.15) is 53.6 Å². The molecule has 0 spiro atoms. The lowest BCUT2D eigenvalue weighted by Crippen LogP contribution is -2.31. The second-order valence-electron chi connectivity index (χ2n) is 7.93. The number of anilines is 2. The van der Waals surface area contributed by atoms with E-state index in [0.717, 1.165) is 30.9 Å². The van der Waals surface area contributed by atoms with E-state index in [-0.39, 0.29) is 22.7 Å². The van der Waals surface area contributed by atoms with Gasteiger partial charge in [-0.15, -0.1) is 0 Å². The number of nitrogens with one attached hydrogen (secondary N) is 1. The van der Waals surface area contributed by atoms with E-state index in [2.05, 4.69) is 10.3 Å². The van der Waals surface area contributed by atoms with Crippen LogP contribution in [0.15, 0.2) is 36.7 Å². The molecule has 4 rings (SSSR count). The van der Waals surface area contributed by atoms with Crippen molar-refractivity contribution < 1.29 is 32.5 Å². The van der Waals surface area contributed by atoms with Gasteiger partial charge in [0.15, 0.2) is 11.9 Å². The largest absolute Gasteiger partial charge is 0.478 e. The first-order chi connectivity index (χ1) is 15.2. The van der Waals surface area contributed by atoms with Crippen LogP contribution in [0.25, 0.3) is 5.57 Å². The van der Waals surface area contributed by atoms with E-state index in [0.29, 0.717) is 31.1 Å². The Kier molecular flexibility index (Phi) is 6.10. The molecule has 0 amide bonds. The second-order valence-corrected chi connectivity index (χ2v) is 7.93. The average Bonchev–Trinajstić information content (AvgIpc) is 3.60. The second kappa shape index (κ2) is 8.82. The Morgan fingerprint density at radius 1 is 1.28 bits per heavy atom. The molecule has 2 N–H and O–H groups in total. The van der Waals surface area contributed by atoms with Gasteiger partial charge in [-0.25, -0.2) is 4.79 Å². The number of benzene rings is 1. The highest BCUT2D eigenvalue weighted by molar-refractivity contribution is 5.96. The van der Waals surface area contributed by atoms with Gasteiger partial charge in [-0.1, -0.05) is 12.1 Å². The van der Waals surface area contributed by atoms with Gasteiger partial charge in [-0.2, -0.15) is 13.2 Å². The van der Waals surface area contributed by atoms with E-state index >= 15 is 0 Å². The van der Waals surface area contributed by atoms with Crippen molar-refractivity contribution in [3.8, 4) is 5.75 Å². The molecule has 0 radical (unpaired) electrons. The van der Waals surface area contributed by atoms with Crippen molar-refractivity contribution in [3.05, 3.63) is 53.4 Å². The Morgan fingerprint density at radius 3 is 2.69 bits per heavy atom. The van der Waals surface area contributed by atoms with Crippen LogP contribution in [0.2, 0.25) is 0 Å². The normalized spacial score (nSPS) is 17.4. The number of aromatic nitrogens is 1. The van der Waals surface area contributed by atoms with Crippen LogP contribution >= 0.6 is 0 Å². The highest BCUT2D eigenvalue weighted by Gasteiger charge is 2.39. The van der Waals surface area contributed by atoms with Gasteiger partial charge in [0.1, 0.15) is 5.69 Å². The zero-order chi connectivity index (χ0) is 22.9. The van der Waals surface area contributed by atoms with Crippen molar-refractivity contribution in [2.45, 2.75) is 44.4 Å². The average molecular weight is 448 g/mol. The fraction of sp³-hybridized carbons (Fsp3) is 0.391. The molecule has 1 aliphatic carbocycles. The summed E-state index contributed by atoms with van der Waals surface area (Å²) in [5, 5.41) is 12.6. The van der Waals surface area contributed by atoms with Crippen molar-refractivity contribution in [2.24, 2.45) is 0 Å². The number of hydrogen-bond acceptors (Lipinski definition) is 5. The van der Waals surface area contributed by atoms with Crippen molar-refractivity contribution in [1.82, 2.24) is 4.98 Å². The van der Waals surface area contributed by atoms with Crippen molar-refractivity contribution in [2.75, 3.05) is 18.5 Å². The third-order valence-electron chi connectivity index (χ3n) is 5.55.